The van der Waals surface area contributed by atoms with E-state index >= 15 is 0 Å². The fraction of sp³-hybridized carbons (Fsp3) is 0.500. The van der Waals surface area contributed by atoms with Gasteiger partial charge in [0.1, 0.15) is 0 Å². The highest BCUT2D eigenvalue weighted by atomic mass is 19.1. The topological polar surface area (TPSA) is 41.6 Å². The monoisotopic (exact) mass is 266 g/mol. The van der Waals surface area contributed by atoms with Crippen LogP contribution in [0.5, 0.6) is 5.75 Å². The Bertz CT molecular complexity index is 463. The Balaban J connectivity index is 2.23. The number of ether oxygens (including phenoxy) is 1. The molecule has 1 fully saturated rings. The minimum atomic E-state index is -0.418. The van der Waals surface area contributed by atoms with Gasteiger partial charge in [-0.1, -0.05) is 6.92 Å². The lowest BCUT2D eigenvalue weighted by molar-refractivity contribution is -0.121. The summed E-state index contributed by atoms with van der Waals surface area (Å²) in [6.45, 7) is 3.40. The Morgan fingerprint density at radius 3 is 3.00 bits per heavy atom. The first-order chi connectivity index (χ1) is 9.17. The van der Waals surface area contributed by atoms with Crippen LogP contribution in [0.4, 0.5) is 10.1 Å². The first kappa shape index (κ1) is 13.8. The van der Waals surface area contributed by atoms with Crippen molar-refractivity contribution in [2.75, 3.05) is 25.1 Å². The zero-order valence-electron chi connectivity index (χ0n) is 11.3. The Morgan fingerprint density at radius 2 is 2.32 bits per heavy atom. The average molecular weight is 266 g/mol. The molecule has 0 radical (unpaired) electrons. The van der Waals surface area contributed by atoms with Crippen molar-refractivity contribution in [3.63, 3.8) is 0 Å². The van der Waals surface area contributed by atoms with Crippen LogP contribution in [0.15, 0.2) is 18.2 Å². The molecule has 1 heterocycles. The van der Waals surface area contributed by atoms with Gasteiger partial charge < -0.3 is 15.0 Å². The molecule has 2 rings (SSSR count). The van der Waals surface area contributed by atoms with E-state index in [2.05, 4.69) is 5.32 Å². The van der Waals surface area contributed by atoms with Crippen molar-refractivity contribution in [1.29, 1.82) is 0 Å². The predicted molar refractivity (Wildman–Crippen MR) is 72.0 cm³/mol. The highest BCUT2D eigenvalue weighted by Crippen LogP contribution is 2.27. The van der Waals surface area contributed by atoms with E-state index in [1.807, 2.05) is 6.92 Å². The number of piperidine rings is 1. The minimum absolute atomic E-state index is 0.0433. The number of hydrogen-bond acceptors (Lipinski definition) is 3. The van der Waals surface area contributed by atoms with Crippen molar-refractivity contribution in [3.8, 4) is 5.75 Å². The Labute approximate surface area is 112 Å². The molecule has 0 saturated carbocycles. The zero-order valence-corrected chi connectivity index (χ0v) is 11.3. The average Bonchev–Trinajstić information content (AvgIpc) is 2.42. The summed E-state index contributed by atoms with van der Waals surface area (Å²) in [6.07, 6.45) is 1.78. The van der Waals surface area contributed by atoms with Crippen LogP contribution in [-0.4, -0.2) is 32.1 Å². The third-order valence-electron chi connectivity index (χ3n) is 3.34. The molecule has 0 bridgehead atoms. The van der Waals surface area contributed by atoms with Crippen molar-refractivity contribution >= 4 is 11.6 Å². The molecule has 19 heavy (non-hydrogen) atoms. The van der Waals surface area contributed by atoms with E-state index < -0.39 is 5.82 Å². The summed E-state index contributed by atoms with van der Waals surface area (Å²) >= 11 is 0. The smallest absolute Gasteiger partial charge is 0.244 e. The summed E-state index contributed by atoms with van der Waals surface area (Å²) in [5.41, 5.74) is 0.686. The van der Waals surface area contributed by atoms with E-state index in [4.69, 9.17) is 4.74 Å². The number of methoxy groups -OCH3 is 1. The molecule has 104 valence electrons. The first-order valence-electron chi connectivity index (χ1n) is 6.55. The Hall–Kier alpha value is -1.62. The van der Waals surface area contributed by atoms with Gasteiger partial charge in [0.05, 0.1) is 13.2 Å². The summed E-state index contributed by atoms with van der Waals surface area (Å²) in [5.74, 6) is -0.212. The van der Waals surface area contributed by atoms with E-state index in [1.54, 1.807) is 17.0 Å². The number of carbonyl (C=O) groups excluding carboxylic acids is 1. The van der Waals surface area contributed by atoms with Crippen molar-refractivity contribution in [1.82, 2.24) is 5.32 Å². The lowest BCUT2D eigenvalue weighted by Gasteiger charge is -2.32. The molecule has 0 spiro atoms. The van der Waals surface area contributed by atoms with Gasteiger partial charge in [-0.15, -0.1) is 0 Å². The molecule has 0 aliphatic carbocycles. The normalized spacial score (nSPS) is 19.6. The van der Waals surface area contributed by atoms with Gasteiger partial charge in [0.2, 0.25) is 5.91 Å². The molecule has 1 atom stereocenters. The molecule has 1 aromatic rings. The number of carbonyl (C=O) groups is 1. The molecule has 1 aliphatic rings. The number of likely N-dealkylation sites (N-methyl/N-ethyl adjacent to an activating group) is 1. The van der Waals surface area contributed by atoms with Gasteiger partial charge in [0.25, 0.3) is 0 Å². The lowest BCUT2D eigenvalue weighted by Crippen LogP contribution is -2.50. The number of nitrogens with zero attached hydrogens (tertiary/aromatic N) is 1. The fourth-order valence-corrected chi connectivity index (χ4v) is 2.38. The van der Waals surface area contributed by atoms with Crippen molar-refractivity contribution in [3.05, 3.63) is 24.0 Å². The van der Waals surface area contributed by atoms with Gasteiger partial charge in [0.15, 0.2) is 11.6 Å². The predicted octanol–water partition coefficient (Wildman–Crippen LogP) is 1.94. The van der Waals surface area contributed by atoms with E-state index in [-0.39, 0.29) is 17.7 Å². The summed E-state index contributed by atoms with van der Waals surface area (Å²) < 4.78 is 18.3. The van der Waals surface area contributed by atoms with Crippen LogP contribution in [0, 0.1) is 5.82 Å². The summed E-state index contributed by atoms with van der Waals surface area (Å²) in [6, 6.07) is 4.37. The van der Waals surface area contributed by atoms with E-state index in [0.29, 0.717) is 12.2 Å². The second-order valence-electron chi connectivity index (χ2n) is 4.56. The maximum absolute atomic E-state index is 13.4. The third-order valence-corrected chi connectivity index (χ3v) is 3.34. The highest BCUT2D eigenvalue weighted by molar-refractivity contribution is 5.98. The molecule has 1 unspecified atom stereocenters. The molecule has 4 nitrogen and oxygen atoms in total. The third kappa shape index (κ3) is 2.87. The first-order valence-corrected chi connectivity index (χ1v) is 6.55. The van der Waals surface area contributed by atoms with Crippen molar-refractivity contribution in [2.45, 2.75) is 25.8 Å². The summed E-state index contributed by atoms with van der Waals surface area (Å²) in [5, 5.41) is 3.18. The molecule has 1 N–H and O–H groups in total. The quantitative estimate of drug-likeness (QED) is 0.905. The van der Waals surface area contributed by atoms with Gasteiger partial charge in [-0.3, -0.25) is 4.79 Å². The number of nitrogens with one attached hydrogen (secondary N) is 1. The number of hydrogen-bond donors (Lipinski definition) is 1. The molecular weight excluding hydrogens is 247 g/mol. The van der Waals surface area contributed by atoms with Crippen LogP contribution in [0.1, 0.15) is 19.8 Å². The van der Waals surface area contributed by atoms with Gasteiger partial charge in [0, 0.05) is 18.3 Å². The van der Waals surface area contributed by atoms with Crippen LogP contribution in [-0.2, 0) is 4.79 Å². The molecular formula is C14H19FN2O2. The van der Waals surface area contributed by atoms with Crippen LogP contribution >= 0.6 is 0 Å². The van der Waals surface area contributed by atoms with Gasteiger partial charge in [-0.05, 0) is 31.5 Å². The standard InChI is InChI=1S/C14H19FN2O2/c1-3-16-12-5-4-8-17(14(12)18)10-6-7-11(15)13(9-10)19-2/h6-7,9,12,16H,3-5,8H2,1-2H3. The maximum atomic E-state index is 13.4. The number of halogens is 1. The van der Waals surface area contributed by atoms with E-state index in [1.165, 1.54) is 13.2 Å². The van der Waals surface area contributed by atoms with Gasteiger partial charge in [-0.25, -0.2) is 4.39 Å². The van der Waals surface area contributed by atoms with E-state index in [0.717, 1.165) is 19.4 Å². The molecule has 1 saturated heterocycles. The zero-order chi connectivity index (χ0) is 13.8. The number of benzene rings is 1. The summed E-state index contributed by atoms with van der Waals surface area (Å²) in [7, 11) is 1.42. The number of rotatable bonds is 4. The second-order valence-corrected chi connectivity index (χ2v) is 4.56. The molecule has 0 aromatic heterocycles. The van der Waals surface area contributed by atoms with Gasteiger partial charge in [-0.2, -0.15) is 0 Å². The minimum Gasteiger partial charge on any atom is -0.494 e. The summed E-state index contributed by atoms with van der Waals surface area (Å²) in [4.78, 5) is 14.0. The number of anilines is 1. The highest BCUT2D eigenvalue weighted by Gasteiger charge is 2.29. The largest absolute Gasteiger partial charge is 0.494 e. The molecule has 1 aromatic carbocycles. The molecule has 1 aliphatic heterocycles. The van der Waals surface area contributed by atoms with Gasteiger partial charge >= 0.3 is 0 Å². The van der Waals surface area contributed by atoms with E-state index in [9.17, 15) is 9.18 Å². The maximum Gasteiger partial charge on any atom is 0.244 e. The Kier molecular flexibility index (Phi) is 4.37. The van der Waals surface area contributed by atoms with Crippen molar-refractivity contribution in [2.24, 2.45) is 0 Å². The number of amides is 1. The second kappa shape index (κ2) is 6.02. The fourth-order valence-electron chi connectivity index (χ4n) is 2.38. The molecule has 1 amide bonds. The van der Waals surface area contributed by atoms with Crippen molar-refractivity contribution < 1.29 is 13.9 Å². The van der Waals surface area contributed by atoms with Crippen LogP contribution < -0.4 is 15.0 Å². The van der Waals surface area contributed by atoms with Crippen LogP contribution in [0.2, 0.25) is 0 Å². The van der Waals surface area contributed by atoms with Crippen LogP contribution in [0.3, 0.4) is 0 Å². The lowest BCUT2D eigenvalue weighted by atomic mass is 10.0. The Morgan fingerprint density at radius 1 is 1.53 bits per heavy atom. The van der Waals surface area contributed by atoms with Crippen LogP contribution in [0.25, 0.3) is 0 Å². The SMILES string of the molecule is CCNC1CCCN(c2ccc(F)c(OC)c2)C1=O. The molecule has 5 heteroatoms.